The van der Waals surface area contributed by atoms with E-state index in [1.54, 1.807) is 23.1 Å². The van der Waals surface area contributed by atoms with Crippen LogP contribution in [0.4, 0.5) is 0 Å². The van der Waals surface area contributed by atoms with Gasteiger partial charge >= 0.3 is 5.97 Å². The number of H-pyrrole nitrogens is 1. The minimum atomic E-state index is -0.540. The predicted molar refractivity (Wildman–Crippen MR) is 99.7 cm³/mol. The molecule has 1 aliphatic rings. The van der Waals surface area contributed by atoms with Gasteiger partial charge in [-0.2, -0.15) is 0 Å². The van der Waals surface area contributed by atoms with E-state index >= 15 is 0 Å². The molecule has 2 aromatic rings. The van der Waals surface area contributed by atoms with E-state index in [1.165, 1.54) is 12.3 Å². The molecule has 25 heavy (non-hydrogen) atoms. The Kier molecular flexibility index (Phi) is 5.52. The summed E-state index contributed by atoms with van der Waals surface area (Å²) in [5.41, 5.74) is 1.14. The van der Waals surface area contributed by atoms with Crippen molar-refractivity contribution < 1.29 is 19.1 Å². The highest BCUT2D eigenvalue weighted by Gasteiger charge is 2.22. The summed E-state index contributed by atoms with van der Waals surface area (Å²) in [6, 6.07) is 8.52. The fourth-order valence-corrected chi connectivity index (χ4v) is 3.30. The maximum absolute atomic E-state index is 12.3. The molecule has 1 aromatic carbocycles. The summed E-state index contributed by atoms with van der Waals surface area (Å²) in [5, 5.41) is 0. The standard InChI is InChI=1S/C18H17IN2O4/c19-14-6-2-1-5-13(14)18(24)25-11-16(22)12-9-15(20-10-12)17(23)21-7-3-4-8-21/h1-2,5-6,9-10,20H,3-4,7-8,11H2. The number of carbonyl (C=O) groups is 3. The minimum absolute atomic E-state index is 0.104. The lowest BCUT2D eigenvalue weighted by Crippen LogP contribution is -2.27. The van der Waals surface area contributed by atoms with Crippen LogP contribution >= 0.6 is 22.6 Å². The SMILES string of the molecule is O=C(COC(=O)c1ccccc1I)c1c[nH]c(C(=O)N2CCCC2)c1. The van der Waals surface area contributed by atoms with Crippen LogP contribution in [0.5, 0.6) is 0 Å². The van der Waals surface area contributed by atoms with E-state index in [2.05, 4.69) is 4.98 Å². The lowest BCUT2D eigenvalue weighted by molar-refractivity contribution is 0.0473. The third-order valence-electron chi connectivity index (χ3n) is 4.06. The van der Waals surface area contributed by atoms with Crippen molar-refractivity contribution in [2.24, 2.45) is 0 Å². The first kappa shape index (κ1) is 17.7. The first-order valence-electron chi connectivity index (χ1n) is 7.99. The van der Waals surface area contributed by atoms with Crippen LogP contribution in [0.15, 0.2) is 36.5 Å². The molecule has 0 aliphatic carbocycles. The number of likely N-dealkylation sites (tertiary alicyclic amines) is 1. The van der Waals surface area contributed by atoms with Crippen LogP contribution in [0.1, 0.15) is 44.0 Å². The number of Topliss-reactive ketones (excluding diaryl/α,β-unsaturated/α-hetero) is 1. The molecule has 6 nitrogen and oxygen atoms in total. The summed E-state index contributed by atoms with van der Waals surface area (Å²) in [6.45, 7) is 1.13. The number of carbonyl (C=O) groups excluding carboxylic acids is 3. The topological polar surface area (TPSA) is 79.5 Å². The molecule has 0 saturated carbocycles. The highest BCUT2D eigenvalue weighted by Crippen LogP contribution is 2.15. The van der Waals surface area contributed by atoms with Crippen LogP contribution in [-0.2, 0) is 4.74 Å². The molecule has 0 radical (unpaired) electrons. The Bertz CT molecular complexity index is 809. The van der Waals surface area contributed by atoms with E-state index in [0.29, 0.717) is 16.8 Å². The summed E-state index contributed by atoms with van der Waals surface area (Å²) in [4.78, 5) is 41.1. The van der Waals surface area contributed by atoms with Gasteiger partial charge < -0.3 is 14.6 Å². The molecule has 1 N–H and O–H groups in total. The van der Waals surface area contributed by atoms with Crippen LogP contribution in [0.2, 0.25) is 0 Å². The van der Waals surface area contributed by atoms with Gasteiger partial charge in [0.1, 0.15) is 5.69 Å². The second-order valence-corrected chi connectivity index (χ2v) is 6.94. The third-order valence-corrected chi connectivity index (χ3v) is 5.00. The van der Waals surface area contributed by atoms with Gasteiger partial charge in [0.2, 0.25) is 5.78 Å². The zero-order valence-corrected chi connectivity index (χ0v) is 15.6. The van der Waals surface area contributed by atoms with Gasteiger partial charge in [-0.3, -0.25) is 9.59 Å². The molecule has 0 atom stereocenters. The molecule has 7 heteroatoms. The molecule has 130 valence electrons. The lowest BCUT2D eigenvalue weighted by atomic mass is 10.2. The van der Waals surface area contributed by atoms with Crippen molar-refractivity contribution in [3.8, 4) is 0 Å². The number of amides is 1. The molecule has 1 fully saturated rings. The molecule has 1 saturated heterocycles. The minimum Gasteiger partial charge on any atom is -0.454 e. The maximum Gasteiger partial charge on any atom is 0.339 e. The largest absolute Gasteiger partial charge is 0.454 e. The number of nitrogens with zero attached hydrogens (tertiary/aromatic N) is 1. The van der Waals surface area contributed by atoms with Gasteiger partial charge in [0.15, 0.2) is 6.61 Å². The molecule has 2 heterocycles. The molecule has 1 aliphatic heterocycles. The van der Waals surface area contributed by atoms with Crippen LogP contribution in [0.3, 0.4) is 0 Å². The number of aromatic nitrogens is 1. The van der Waals surface area contributed by atoms with Crippen LogP contribution < -0.4 is 0 Å². The monoisotopic (exact) mass is 452 g/mol. The second kappa shape index (κ2) is 7.81. The number of aromatic amines is 1. The van der Waals surface area contributed by atoms with Gasteiger partial charge in [0.05, 0.1) is 5.56 Å². The molecule has 0 unspecified atom stereocenters. The normalized spacial score (nSPS) is 13.7. The zero-order valence-electron chi connectivity index (χ0n) is 13.5. The predicted octanol–water partition coefficient (Wildman–Crippen LogP) is 2.90. The summed E-state index contributed by atoms with van der Waals surface area (Å²) in [7, 11) is 0. The van der Waals surface area contributed by atoms with E-state index in [0.717, 1.165) is 29.5 Å². The molecule has 1 amide bonds. The average molecular weight is 452 g/mol. The number of ketones is 1. The lowest BCUT2D eigenvalue weighted by Gasteiger charge is -2.13. The van der Waals surface area contributed by atoms with E-state index in [-0.39, 0.29) is 18.3 Å². The van der Waals surface area contributed by atoms with Gasteiger partial charge in [-0.1, -0.05) is 12.1 Å². The van der Waals surface area contributed by atoms with E-state index in [9.17, 15) is 14.4 Å². The summed E-state index contributed by atoms with van der Waals surface area (Å²) in [6.07, 6.45) is 3.49. The summed E-state index contributed by atoms with van der Waals surface area (Å²) >= 11 is 2.04. The van der Waals surface area contributed by atoms with Gasteiger partial charge in [-0.25, -0.2) is 4.79 Å². The quantitative estimate of drug-likeness (QED) is 0.430. The van der Waals surface area contributed by atoms with E-state index < -0.39 is 5.97 Å². The zero-order chi connectivity index (χ0) is 17.8. The van der Waals surface area contributed by atoms with Crippen molar-refractivity contribution in [3.05, 3.63) is 56.9 Å². The van der Waals surface area contributed by atoms with Gasteiger partial charge in [-0.15, -0.1) is 0 Å². The average Bonchev–Trinajstić information content (AvgIpc) is 3.30. The molecule has 0 bridgehead atoms. The van der Waals surface area contributed by atoms with Crippen molar-refractivity contribution in [3.63, 3.8) is 0 Å². The Hall–Kier alpha value is -2.16. The van der Waals surface area contributed by atoms with Crippen molar-refractivity contribution in [1.82, 2.24) is 9.88 Å². The highest BCUT2D eigenvalue weighted by atomic mass is 127. The molecular formula is C18H17IN2O4. The van der Waals surface area contributed by atoms with Crippen molar-refractivity contribution in [2.75, 3.05) is 19.7 Å². The van der Waals surface area contributed by atoms with E-state index in [4.69, 9.17) is 4.74 Å². The number of hydrogen-bond donors (Lipinski definition) is 1. The summed E-state index contributed by atoms with van der Waals surface area (Å²) < 4.78 is 5.85. The molecule has 3 rings (SSSR count). The molecule has 0 spiro atoms. The highest BCUT2D eigenvalue weighted by molar-refractivity contribution is 14.1. The first-order valence-corrected chi connectivity index (χ1v) is 9.06. The molecular weight excluding hydrogens is 435 g/mol. The first-order chi connectivity index (χ1) is 12.1. The Morgan fingerprint density at radius 1 is 1.16 bits per heavy atom. The fraction of sp³-hybridized carbons (Fsp3) is 0.278. The summed E-state index contributed by atoms with van der Waals surface area (Å²) in [5.74, 6) is -0.995. The van der Waals surface area contributed by atoms with Crippen molar-refractivity contribution >= 4 is 40.3 Å². The van der Waals surface area contributed by atoms with Crippen molar-refractivity contribution in [1.29, 1.82) is 0 Å². The maximum atomic E-state index is 12.3. The Balaban J connectivity index is 1.59. The second-order valence-electron chi connectivity index (χ2n) is 5.78. The Morgan fingerprint density at radius 2 is 1.88 bits per heavy atom. The van der Waals surface area contributed by atoms with Crippen LogP contribution in [0, 0.1) is 3.57 Å². The number of halogens is 1. The number of ether oxygens (including phenoxy) is 1. The van der Waals surface area contributed by atoms with E-state index in [1.807, 2.05) is 28.7 Å². The number of rotatable bonds is 5. The number of esters is 1. The van der Waals surface area contributed by atoms with Crippen LogP contribution in [-0.4, -0.2) is 47.2 Å². The Labute approximate surface area is 158 Å². The molecule has 1 aromatic heterocycles. The smallest absolute Gasteiger partial charge is 0.339 e. The number of benzene rings is 1. The third kappa shape index (κ3) is 4.09. The number of nitrogens with one attached hydrogen (secondary N) is 1. The van der Waals surface area contributed by atoms with Gasteiger partial charge in [0, 0.05) is 28.4 Å². The van der Waals surface area contributed by atoms with Crippen LogP contribution in [0.25, 0.3) is 0 Å². The Morgan fingerprint density at radius 3 is 2.60 bits per heavy atom. The van der Waals surface area contributed by atoms with Gasteiger partial charge in [0.25, 0.3) is 5.91 Å². The number of hydrogen-bond acceptors (Lipinski definition) is 4. The van der Waals surface area contributed by atoms with Gasteiger partial charge in [-0.05, 0) is 53.6 Å². The van der Waals surface area contributed by atoms with Crippen molar-refractivity contribution in [2.45, 2.75) is 12.8 Å². The fourth-order valence-electron chi connectivity index (χ4n) is 2.69.